The molecule has 8 heteroatoms. The first-order valence-corrected chi connectivity index (χ1v) is 9.56. The van der Waals surface area contributed by atoms with Gasteiger partial charge in [-0.15, -0.1) is 0 Å². The molecule has 2 aromatic carbocycles. The number of alkyl halides is 3. The van der Waals surface area contributed by atoms with Crippen LogP contribution in [0.25, 0.3) is 0 Å². The van der Waals surface area contributed by atoms with Crippen LogP contribution >= 0.6 is 0 Å². The summed E-state index contributed by atoms with van der Waals surface area (Å²) in [5.74, 6) is -0.660. The topological polar surface area (TPSA) is 63.2 Å². The van der Waals surface area contributed by atoms with Crippen molar-refractivity contribution in [2.45, 2.75) is 24.4 Å². The zero-order valence-electron chi connectivity index (χ0n) is 14.0. The number of halogens is 3. The molecule has 2 rings (SSSR count). The smallest absolute Gasteiger partial charge is 0.352 e. The second-order valence-corrected chi connectivity index (χ2v) is 7.85. The number of nitrogens with one attached hydrogen (secondary N) is 1. The number of hydrogen-bond donors (Lipinski definition) is 1. The number of amides is 1. The molecule has 0 fully saturated rings. The number of carbonyl (C=O) groups excluding carboxylic acids is 1. The standard InChI is InChI=1S/C18H18F3NO3S/c1-2-26(24,25)16-6-4-3-5-15(16)17(23)22-12-11-13-7-9-14(10-8-13)18(19,20)21/h3-10H,2,11-12H2,1H3,(H,22,23). The van der Waals surface area contributed by atoms with Gasteiger partial charge in [-0.1, -0.05) is 31.2 Å². The van der Waals surface area contributed by atoms with Crippen molar-refractivity contribution in [1.29, 1.82) is 0 Å². The molecule has 0 aliphatic heterocycles. The van der Waals surface area contributed by atoms with Gasteiger partial charge in [0.1, 0.15) is 0 Å². The largest absolute Gasteiger partial charge is 0.416 e. The lowest BCUT2D eigenvalue weighted by atomic mass is 10.1. The molecule has 140 valence electrons. The number of sulfone groups is 1. The fourth-order valence-corrected chi connectivity index (χ4v) is 3.45. The maximum absolute atomic E-state index is 12.5. The Bertz CT molecular complexity index is 875. The fourth-order valence-electron chi connectivity index (χ4n) is 2.36. The van der Waals surface area contributed by atoms with Crippen LogP contribution < -0.4 is 5.32 Å². The SMILES string of the molecule is CCS(=O)(=O)c1ccccc1C(=O)NCCc1ccc(C(F)(F)F)cc1. The van der Waals surface area contributed by atoms with Crippen molar-refractivity contribution < 1.29 is 26.4 Å². The Labute approximate surface area is 150 Å². The summed E-state index contributed by atoms with van der Waals surface area (Å²) in [6.07, 6.45) is -4.06. The molecule has 0 aromatic heterocycles. The van der Waals surface area contributed by atoms with Gasteiger partial charge in [0.15, 0.2) is 9.84 Å². The van der Waals surface area contributed by atoms with Gasteiger partial charge in [-0.2, -0.15) is 13.2 Å². The van der Waals surface area contributed by atoms with E-state index in [4.69, 9.17) is 0 Å². The Balaban J connectivity index is 2.02. The molecule has 0 bridgehead atoms. The van der Waals surface area contributed by atoms with Crippen LogP contribution in [0.2, 0.25) is 0 Å². The third-order valence-electron chi connectivity index (χ3n) is 3.83. The third-order valence-corrected chi connectivity index (χ3v) is 5.61. The van der Waals surface area contributed by atoms with Gasteiger partial charge >= 0.3 is 6.18 Å². The van der Waals surface area contributed by atoms with Gasteiger partial charge in [-0.3, -0.25) is 4.79 Å². The molecule has 0 spiro atoms. The van der Waals surface area contributed by atoms with Gasteiger partial charge in [0, 0.05) is 6.54 Å². The van der Waals surface area contributed by atoms with Crippen molar-refractivity contribution >= 4 is 15.7 Å². The van der Waals surface area contributed by atoms with E-state index in [1.807, 2.05) is 0 Å². The summed E-state index contributed by atoms with van der Waals surface area (Å²) in [5, 5.41) is 2.60. The van der Waals surface area contributed by atoms with Crippen molar-refractivity contribution in [2.24, 2.45) is 0 Å². The number of benzene rings is 2. The Morgan fingerprint density at radius 1 is 1.04 bits per heavy atom. The van der Waals surface area contributed by atoms with E-state index in [-0.39, 0.29) is 22.8 Å². The molecule has 0 radical (unpaired) electrons. The molecule has 0 atom stereocenters. The molecule has 0 saturated heterocycles. The van der Waals surface area contributed by atoms with Gasteiger partial charge in [0.25, 0.3) is 5.91 Å². The zero-order chi connectivity index (χ0) is 19.4. The summed E-state index contributed by atoms with van der Waals surface area (Å²) >= 11 is 0. The van der Waals surface area contributed by atoms with Crippen LogP contribution in [0.5, 0.6) is 0 Å². The molecule has 0 heterocycles. The van der Waals surface area contributed by atoms with E-state index >= 15 is 0 Å². The molecule has 0 saturated carbocycles. The molecule has 2 aromatic rings. The third kappa shape index (κ3) is 4.85. The van der Waals surface area contributed by atoms with Crippen LogP contribution in [0.3, 0.4) is 0 Å². The molecule has 0 unspecified atom stereocenters. The number of rotatable bonds is 6. The summed E-state index contributed by atoms with van der Waals surface area (Å²) < 4.78 is 61.7. The van der Waals surface area contributed by atoms with Crippen molar-refractivity contribution in [3.05, 3.63) is 65.2 Å². The predicted molar refractivity (Wildman–Crippen MR) is 91.7 cm³/mol. The monoisotopic (exact) mass is 385 g/mol. The second-order valence-electron chi connectivity index (χ2n) is 5.60. The molecular weight excluding hydrogens is 367 g/mol. The highest BCUT2D eigenvalue weighted by Crippen LogP contribution is 2.29. The molecular formula is C18H18F3NO3S. The highest BCUT2D eigenvalue weighted by Gasteiger charge is 2.29. The zero-order valence-corrected chi connectivity index (χ0v) is 14.8. The molecule has 1 amide bonds. The van der Waals surface area contributed by atoms with Crippen LogP contribution in [-0.4, -0.2) is 26.6 Å². The first-order chi connectivity index (χ1) is 12.1. The summed E-state index contributed by atoms with van der Waals surface area (Å²) in [6.45, 7) is 1.67. The lowest BCUT2D eigenvalue weighted by Gasteiger charge is -2.11. The van der Waals surface area contributed by atoms with Crippen LogP contribution in [0.4, 0.5) is 13.2 Å². The number of carbonyl (C=O) groups is 1. The Hall–Kier alpha value is -2.35. The Morgan fingerprint density at radius 2 is 1.65 bits per heavy atom. The normalized spacial score (nSPS) is 12.0. The van der Waals surface area contributed by atoms with E-state index in [9.17, 15) is 26.4 Å². The summed E-state index contributed by atoms with van der Waals surface area (Å²) in [5.41, 5.74) is -0.0430. The highest BCUT2D eigenvalue weighted by atomic mass is 32.2. The van der Waals surface area contributed by atoms with Gasteiger partial charge in [0.2, 0.25) is 0 Å². The summed E-state index contributed by atoms with van der Waals surface area (Å²) in [4.78, 5) is 12.2. The van der Waals surface area contributed by atoms with E-state index in [1.165, 1.54) is 31.2 Å². The first kappa shape index (κ1) is 20.0. The lowest BCUT2D eigenvalue weighted by molar-refractivity contribution is -0.137. The maximum Gasteiger partial charge on any atom is 0.416 e. The Kier molecular flexibility index (Phi) is 6.07. The minimum Gasteiger partial charge on any atom is -0.352 e. The van der Waals surface area contributed by atoms with Crippen molar-refractivity contribution in [2.75, 3.05) is 12.3 Å². The molecule has 0 aliphatic rings. The van der Waals surface area contributed by atoms with E-state index in [1.54, 1.807) is 12.1 Å². The average molecular weight is 385 g/mol. The number of hydrogen-bond acceptors (Lipinski definition) is 3. The van der Waals surface area contributed by atoms with Crippen LogP contribution in [0.1, 0.15) is 28.4 Å². The lowest BCUT2D eigenvalue weighted by Crippen LogP contribution is -2.27. The van der Waals surface area contributed by atoms with Gasteiger partial charge in [-0.25, -0.2) is 8.42 Å². The molecule has 0 aliphatic carbocycles. The van der Waals surface area contributed by atoms with Crippen LogP contribution in [0.15, 0.2) is 53.4 Å². The van der Waals surface area contributed by atoms with Crippen molar-refractivity contribution in [1.82, 2.24) is 5.32 Å². The second kappa shape index (κ2) is 7.90. The summed E-state index contributed by atoms with van der Waals surface area (Å²) in [6, 6.07) is 10.6. The fraction of sp³-hybridized carbons (Fsp3) is 0.278. The van der Waals surface area contributed by atoms with Crippen LogP contribution in [0, 0.1) is 0 Å². The van der Waals surface area contributed by atoms with E-state index in [0.29, 0.717) is 12.0 Å². The van der Waals surface area contributed by atoms with E-state index in [0.717, 1.165) is 12.1 Å². The van der Waals surface area contributed by atoms with E-state index in [2.05, 4.69) is 5.32 Å². The van der Waals surface area contributed by atoms with Crippen molar-refractivity contribution in [3.63, 3.8) is 0 Å². The minimum atomic E-state index is -4.39. The van der Waals surface area contributed by atoms with Gasteiger partial charge < -0.3 is 5.32 Å². The molecule has 4 nitrogen and oxygen atoms in total. The van der Waals surface area contributed by atoms with Crippen LogP contribution in [-0.2, 0) is 22.4 Å². The highest BCUT2D eigenvalue weighted by molar-refractivity contribution is 7.91. The van der Waals surface area contributed by atoms with Gasteiger partial charge in [0.05, 0.1) is 21.8 Å². The predicted octanol–water partition coefficient (Wildman–Crippen LogP) is 3.47. The maximum atomic E-state index is 12.5. The summed E-state index contributed by atoms with van der Waals surface area (Å²) in [7, 11) is -3.54. The minimum absolute atomic E-state index is 0.0328. The average Bonchev–Trinajstić information content (AvgIpc) is 2.61. The van der Waals surface area contributed by atoms with Gasteiger partial charge in [-0.05, 0) is 36.2 Å². The first-order valence-electron chi connectivity index (χ1n) is 7.91. The molecule has 1 N–H and O–H groups in total. The Morgan fingerprint density at radius 3 is 2.23 bits per heavy atom. The van der Waals surface area contributed by atoms with Crippen molar-refractivity contribution in [3.8, 4) is 0 Å². The quantitative estimate of drug-likeness (QED) is 0.828. The molecule has 26 heavy (non-hydrogen) atoms. The van der Waals surface area contributed by atoms with E-state index < -0.39 is 27.5 Å².